The van der Waals surface area contributed by atoms with Gasteiger partial charge < -0.3 is 4.42 Å². The summed E-state index contributed by atoms with van der Waals surface area (Å²) in [5.74, 6) is 0.188. The van der Waals surface area contributed by atoms with Gasteiger partial charge in [0, 0.05) is 12.0 Å². The Bertz CT molecular complexity index is 804. The molecule has 0 atom stereocenters. The van der Waals surface area contributed by atoms with Gasteiger partial charge in [0.25, 0.3) is 0 Å². The van der Waals surface area contributed by atoms with Crippen LogP contribution in [-0.4, -0.2) is 0 Å². The fraction of sp³-hybridized carbons (Fsp3) is 0.273. The van der Waals surface area contributed by atoms with Gasteiger partial charge in [-0.1, -0.05) is 68.7 Å². The van der Waals surface area contributed by atoms with E-state index >= 15 is 4.39 Å². The molecule has 0 saturated heterocycles. The van der Waals surface area contributed by atoms with Gasteiger partial charge in [0.05, 0.1) is 5.56 Å². The normalized spacial score (nSPS) is 11.0. The molecule has 0 bridgehead atoms. The number of halogens is 2. The fourth-order valence-corrected chi connectivity index (χ4v) is 3.02. The SMILES string of the molecule is CCCCCCc1oc(-c2ccccc2)c(F)c1-c1ccc(F)cc1. The molecule has 0 saturated carbocycles. The van der Waals surface area contributed by atoms with Crippen molar-refractivity contribution in [3.63, 3.8) is 0 Å². The Morgan fingerprint density at radius 3 is 2.20 bits per heavy atom. The summed E-state index contributed by atoms with van der Waals surface area (Å²) in [6.45, 7) is 2.16. The molecule has 2 aromatic carbocycles. The number of hydrogen-bond donors (Lipinski definition) is 0. The van der Waals surface area contributed by atoms with Crippen molar-refractivity contribution in [2.75, 3.05) is 0 Å². The first kappa shape index (κ1) is 17.4. The fourth-order valence-electron chi connectivity index (χ4n) is 3.02. The quantitative estimate of drug-likeness (QED) is 0.421. The van der Waals surface area contributed by atoms with Crippen molar-refractivity contribution in [3.8, 4) is 22.5 Å². The molecule has 0 amide bonds. The average molecular weight is 340 g/mol. The summed E-state index contributed by atoms with van der Waals surface area (Å²) >= 11 is 0. The highest BCUT2D eigenvalue weighted by Gasteiger charge is 2.22. The van der Waals surface area contributed by atoms with Gasteiger partial charge in [-0.05, 0) is 24.1 Å². The third-order valence-corrected chi connectivity index (χ3v) is 4.35. The first-order chi connectivity index (χ1) is 12.2. The van der Waals surface area contributed by atoms with Crippen LogP contribution in [0.15, 0.2) is 59.0 Å². The maximum atomic E-state index is 15.2. The summed E-state index contributed by atoms with van der Waals surface area (Å²) in [5.41, 5.74) is 1.81. The van der Waals surface area contributed by atoms with E-state index in [9.17, 15) is 4.39 Å². The third-order valence-electron chi connectivity index (χ3n) is 4.35. The second-order valence-electron chi connectivity index (χ2n) is 6.23. The summed E-state index contributed by atoms with van der Waals surface area (Å²) in [6, 6.07) is 15.2. The van der Waals surface area contributed by atoms with Crippen LogP contribution in [-0.2, 0) is 6.42 Å². The highest BCUT2D eigenvalue weighted by atomic mass is 19.1. The standard InChI is InChI=1S/C22H22F2O/c1-2-3-4-8-11-19-20(16-12-14-18(23)15-13-16)21(24)22(25-19)17-9-6-5-7-10-17/h5-7,9-10,12-15H,2-4,8,11H2,1H3. The second-order valence-corrected chi connectivity index (χ2v) is 6.23. The van der Waals surface area contributed by atoms with Crippen LogP contribution in [0.25, 0.3) is 22.5 Å². The van der Waals surface area contributed by atoms with Crippen LogP contribution in [0.4, 0.5) is 8.78 Å². The molecule has 3 rings (SSSR count). The van der Waals surface area contributed by atoms with E-state index in [0.717, 1.165) is 25.7 Å². The van der Waals surface area contributed by atoms with Crippen molar-refractivity contribution >= 4 is 0 Å². The zero-order valence-corrected chi connectivity index (χ0v) is 14.4. The molecule has 0 unspecified atom stereocenters. The monoisotopic (exact) mass is 340 g/mol. The van der Waals surface area contributed by atoms with Gasteiger partial charge >= 0.3 is 0 Å². The lowest BCUT2D eigenvalue weighted by Gasteiger charge is -2.03. The first-order valence-electron chi connectivity index (χ1n) is 8.83. The van der Waals surface area contributed by atoms with Gasteiger partial charge in [-0.25, -0.2) is 8.78 Å². The van der Waals surface area contributed by atoms with E-state index in [1.807, 2.05) is 30.3 Å². The Balaban J connectivity index is 2.00. The minimum atomic E-state index is -0.372. The maximum absolute atomic E-state index is 15.2. The van der Waals surface area contributed by atoms with E-state index < -0.39 is 0 Å². The predicted molar refractivity (Wildman–Crippen MR) is 97.3 cm³/mol. The minimum absolute atomic E-state index is 0.255. The lowest BCUT2D eigenvalue weighted by molar-refractivity contribution is 0.496. The topological polar surface area (TPSA) is 13.1 Å². The summed E-state index contributed by atoms with van der Waals surface area (Å²) in [7, 11) is 0. The number of furan rings is 1. The molecule has 1 nitrogen and oxygen atoms in total. The van der Waals surface area contributed by atoms with E-state index in [1.54, 1.807) is 12.1 Å². The van der Waals surface area contributed by atoms with Crippen LogP contribution in [0, 0.1) is 11.6 Å². The Morgan fingerprint density at radius 1 is 0.800 bits per heavy atom. The smallest absolute Gasteiger partial charge is 0.177 e. The molecular weight excluding hydrogens is 318 g/mol. The number of benzene rings is 2. The third kappa shape index (κ3) is 3.98. The molecule has 0 N–H and O–H groups in total. The number of rotatable bonds is 7. The van der Waals surface area contributed by atoms with Gasteiger partial charge in [-0.2, -0.15) is 0 Å². The molecule has 25 heavy (non-hydrogen) atoms. The molecule has 0 fully saturated rings. The molecule has 0 aliphatic heterocycles. The van der Waals surface area contributed by atoms with Crippen molar-refractivity contribution in [3.05, 3.63) is 72.0 Å². The summed E-state index contributed by atoms with van der Waals surface area (Å²) in [5, 5.41) is 0. The van der Waals surface area contributed by atoms with E-state index in [0.29, 0.717) is 28.9 Å². The molecule has 0 aliphatic carbocycles. The molecule has 1 aromatic heterocycles. The second kappa shape index (κ2) is 8.11. The predicted octanol–water partition coefficient (Wildman–Crippen LogP) is 7.01. The lowest BCUT2D eigenvalue weighted by Crippen LogP contribution is -1.89. The number of aryl methyl sites for hydroxylation is 1. The van der Waals surface area contributed by atoms with Gasteiger partial charge in [0.15, 0.2) is 11.6 Å². The average Bonchev–Trinajstić information content (AvgIpc) is 2.97. The Hall–Kier alpha value is -2.42. The Morgan fingerprint density at radius 2 is 1.52 bits per heavy atom. The molecule has 3 aromatic rings. The minimum Gasteiger partial charge on any atom is -0.457 e. The van der Waals surface area contributed by atoms with E-state index in [-0.39, 0.29) is 17.4 Å². The number of hydrogen-bond acceptors (Lipinski definition) is 1. The molecule has 0 radical (unpaired) electrons. The van der Waals surface area contributed by atoms with E-state index in [2.05, 4.69) is 6.92 Å². The lowest BCUT2D eigenvalue weighted by atomic mass is 10.0. The van der Waals surface area contributed by atoms with Gasteiger partial charge in [-0.3, -0.25) is 0 Å². The molecule has 130 valence electrons. The molecule has 0 spiro atoms. The van der Waals surface area contributed by atoms with Crippen LogP contribution in [0.5, 0.6) is 0 Å². The van der Waals surface area contributed by atoms with Crippen molar-refractivity contribution in [2.24, 2.45) is 0 Å². The van der Waals surface area contributed by atoms with E-state index in [4.69, 9.17) is 4.42 Å². The summed E-state index contributed by atoms with van der Waals surface area (Å²) in [6.07, 6.45) is 5.01. The zero-order valence-electron chi connectivity index (χ0n) is 14.4. The van der Waals surface area contributed by atoms with Gasteiger partial charge in [0.2, 0.25) is 0 Å². The van der Waals surface area contributed by atoms with Crippen LogP contribution in [0.1, 0.15) is 38.4 Å². The summed E-state index contributed by atoms with van der Waals surface area (Å²) in [4.78, 5) is 0. The van der Waals surface area contributed by atoms with Crippen LogP contribution in [0.2, 0.25) is 0 Å². The molecular formula is C22H22F2O. The highest BCUT2D eigenvalue weighted by molar-refractivity contribution is 5.73. The molecule has 0 aliphatic rings. The first-order valence-corrected chi connectivity index (χ1v) is 8.83. The van der Waals surface area contributed by atoms with Crippen molar-refractivity contribution in [1.29, 1.82) is 0 Å². The van der Waals surface area contributed by atoms with Gasteiger partial charge in [0.1, 0.15) is 11.6 Å². The summed E-state index contributed by atoms with van der Waals surface area (Å²) < 4.78 is 34.3. The van der Waals surface area contributed by atoms with Crippen LogP contribution < -0.4 is 0 Å². The highest BCUT2D eigenvalue weighted by Crippen LogP contribution is 2.37. The van der Waals surface area contributed by atoms with Crippen molar-refractivity contribution in [2.45, 2.75) is 39.0 Å². The van der Waals surface area contributed by atoms with Crippen LogP contribution >= 0.6 is 0 Å². The zero-order chi connectivity index (χ0) is 17.6. The molecule has 1 heterocycles. The van der Waals surface area contributed by atoms with Crippen molar-refractivity contribution in [1.82, 2.24) is 0 Å². The maximum Gasteiger partial charge on any atom is 0.177 e. The number of unbranched alkanes of at least 4 members (excludes halogenated alkanes) is 3. The van der Waals surface area contributed by atoms with Crippen LogP contribution in [0.3, 0.4) is 0 Å². The Kier molecular flexibility index (Phi) is 5.64. The van der Waals surface area contributed by atoms with Gasteiger partial charge in [-0.15, -0.1) is 0 Å². The largest absolute Gasteiger partial charge is 0.457 e. The van der Waals surface area contributed by atoms with E-state index in [1.165, 1.54) is 12.1 Å². The molecule has 3 heteroatoms. The van der Waals surface area contributed by atoms with Crippen molar-refractivity contribution < 1.29 is 13.2 Å². The Labute approximate surface area is 147 Å².